The van der Waals surface area contributed by atoms with Crippen molar-refractivity contribution >= 4 is 27.2 Å². The van der Waals surface area contributed by atoms with Crippen LogP contribution < -0.4 is 25.2 Å². The Labute approximate surface area is 260 Å². The molecule has 0 amide bonds. The molecule has 232 valence electrons. The molecular formula is C32H31N5O7S. The van der Waals surface area contributed by atoms with Crippen LogP contribution >= 0.6 is 0 Å². The number of rotatable bonds is 8. The first-order valence-corrected chi connectivity index (χ1v) is 15.4. The second-order valence-corrected chi connectivity index (χ2v) is 13.2. The van der Waals surface area contributed by atoms with Crippen LogP contribution in [-0.4, -0.2) is 26.2 Å². The average molecular weight is 630 g/mol. The second kappa shape index (κ2) is 11.7. The highest BCUT2D eigenvalue weighted by molar-refractivity contribution is 7.89. The molecule has 12 nitrogen and oxygen atoms in total. The van der Waals surface area contributed by atoms with Gasteiger partial charge in [0.25, 0.3) is 0 Å². The minimum atomic E-state index is -3.95. The Morgan fingerprint density at radius 1 is 1.09 bits per heavy atom. The van der Waals surface area contributed by atoms with Crippen molar-refractivity contribution in [3.05, 3.63) is 111 Å². The monoisotopic (exact) mass is 629 g/mol. The number of carbonyl (C=O) groups is 1. The van der Waals surface area contributed by atoms with Crippen molar-refractivity contribution in [2.24, 2.45) is 16.3 Å². The lowest BCUT2D eigenvalue weighted by molar-refractivity contribution is -0.385. The first kappa shape index (κ1) is 31.2. The van der Waals surface area contributed by atoms with Crippen molar-refractivity contribution in [2.45, 2.75) is 44.1 Å². The predicted molar refractivity (Wildman–Crippen MR) is 165 cm³/mol. The second-order valence-electron chi connectivity index (χ2n) is 11.6. The third-order valence-corrected chi connectivity index (χ3v) is 8.82. The molecule has 0 aromatic heterocycles. The van der Waals surface area contributed by atoms with E-state index < -0.39 is 26.3 Å². The van der Waals surface area contributed by atoms with Crippen LogP contribution in [-0.2, 0) is 21.4 Å². The normalized spacial score (nSPS) is 17.9. The van der Waals surface area contributed by atoms with Crippen LogP contribution in [0.15, 0.2) is 94.3 Å². The van der Waals surface area contributed by atoms with E-state index in [4.69, 9.17) is 20.3 Å². The summed E-state index contributed by atoms with van der Waals surface area (Å²) >= 11 is 0. The van der Waals surface area contributed by atoms with E-state index >= 15 is 0 Å². The van der Waals surface area contributed by atoms with Gasteiger partial charge in [-0.2, -0.15) is 5.26 Å². The zero-order chi connectivity index (χ0) is 32.7. The first-order valence-electron chi connectivity index (χ1n) is 13.9. The number of hydrogen-bond donors (Lipinski definition) is 2. The summed E-state index contributed by atoms with van der Waals surface area (Å²) in [6.07, 6.45) is 0.688. The summed E-state index contributed by atoms with van der Waals surface area (Å²) in [5.74, 6) is -0.335. The number of sulfonamides is 1. The maximum atomic E-state index is 13.9. The number of nitrogens with two attached hydrogens (primary N) is 2. The molecule has 2 aliphatic rings. The standard InChI is InChI=1S/C32H31N5O7S/c1-32(2)15-25-30(26(38)16-32)29(23(17-33)31(34)36(25)21-9-11-22(12-10-21)45(35,41)42)19-8-13-27(43-3)20(14-19)18-44-28-7-5-4-6-24(28)37(39)40/h4-14,29H,15-16,18,34H2,1-3H3,(H2,35,41,42). The number of para-hydroxylation sites is 2. The lowest BCUT2D eigenvalue weighted by Crippen LogP contribution is -2.42. The SMILES string of the molecule is COc1ccc(C2C(C#N)=C(N)N(c3ccc(S(N)(=O)=O)cc3)C3=C2C(=O)CC(C)(C)C3)cc1COc1ccccc1[N+](=O)[O-]. The van der Waals surface area contributed by atoms with Gasteiger partial charge in [-0.15, -0.1) is 0 Å². The van der Waals surface area contributed by atoms with Crippen molar-refractivity contribution in [1.29, 1.82) is 5.26 Å². The molecule has 1 heterocycles. The number of nitriles is 1. The van der Waals surface area contributed by atoms with E-state index in [1.54, 1.807) is 35.2 Å². The fraction of sp³-hybridized carbons (Fsp3) is 0.250. The summed E-state index contributed by atoms with van der Waals surface area (Å²) in [7, 11) is -2.47. The molecule has 0 saturated heterocycles. The van der Waals surface area contributed by atoms with Crippen molar-refractivity contribution in [3.8, 4) is 17.6 Å². The number of ketones is 1. The zero-order valence-electron chi connectivity index (χ0n) is 24.8. The topological polar surface area (TPSA) is 192 Å². The van der Waals surface area contributed by atoms with Crippen LogP contribution in [0.2, 0.25) is 0 Å². The van der Waals surface area contributed by atoms with Gasteiger partial charge in [0.1, 0.15) is 18.2 Å². The van der Waals surface area contributed by atoms with Crippen LogP contribution in [0.25, 0.3) is 0 Å². The molecule has 0 radical (unpaired) electrons. The Kier molecular flexibility index (Phi) is 8.14. The van der Waals surface area contributed by atoms with Crippen LogP contribution in [0.5, 0.6) is 11.5 Å². The largest absolute Gasteiger partial charge is 0.496 e. The highest BCUT2D eigenvalue weighted by Crippen LogP contribution is 2.50. The van der Waals surface area contributed by atoms with E-state index in [0.717, 1.165) is 0 Å². The van der Waals surface area contributed by atoms with E-state index in [0.29, 0.717) is 40.3 Å². The number of anilines is 1. The summed E-state index contributed by atoms with van der Waals surface area (Å²) in [6, 6.07) is 19.2. The third-order valence-electron chi connectivity index (χ3n) is 7.89. The maximum Gasteiger partial charge on any atom is 0.310 e. The van der Waals surface area contributed by atoms with Gasteiger partial charge in [-0.05, 0) is 59.9 Å². The molecule has 0 saturated carbocycles. The third kappa shape index (κ3) is 5.98. The van der Waals surface area contributed by atoms with Crippen molar-refractivity contribution in [3.63, 3.8) is 0 Å². The zero-order valence-corrected chi connectivity index (χ0v) is 25.6. The summed E-state index contributed by atoms with van der Waals surface area (Å²) in [5, 5.41) is 27.2. The van der Waals surface area contributed by atoms with Crippen LogP contribution in [0, 0.1) is 26.9 Å². The summed E-state index contributed by atoms with van der Waals surface area (Å²) in [4.78, 5) is 26.4. The minimum absolute atomic E-state index is 0.0771. The quantitative estimate of drug-likeness (QED) is 0.259. The number of nitro benzene ring substituents is 1. The van der Waals surface area contributed by atoms with Gasteiger partial charge in [0.05, 0.1) is 34.5 Å². The van der Waals surface area contributed by atoms with Gasteiger partial charge in [-0.25, -0.2) is 13.6 Å². The number of hydrogen-bond acceptors (Lipinski definition) is 10. The van der Waals surface area contributed by atoms with Gasteiger partial charge >= 0.3 is 5.69 Å². The molecule has 0 fully saturated rings. The van der Waals surface area contributed by atoms with Gasteiger partial charge in [-0.1, -0.05) is 32.0 Å². The first-order chi connectivity index (χ1) is 21.3. The van der Waals surface area contributed by atoms with E-state index in [2.05, 4.69) is 6.07 Å². The lowest BCUT2D eigenvalue weighted by atomic mass is 9.68. The van der Waals surface area contributed by atoms with Crippen LogP contribution in [0.4, 0.5) is 11.4 Å². The molecule has 45 heavy (non-hydrogen) atoms. The molecule has 0 bridgehead atoms. The van der Waals surface area contributed by atoms with Gasteiger partial charge in [-0.3, -0.25) is 19.8 Å². The Balaban J connectivity index is 1.63. The molecule has 0 spiro atoms. The molecule has 1 atom stereocenters. The van der Waals surface area contributed by atoms with Crippen molar-refractivity contribution in [1.82, 2.24) is 0 Å². The molecule has 13 heteroatoms. The molecule has 5 rings (SSSR count). The highest BCUT2D eigenvalue weighted by atomic mass is 32.2. The highest BCUT2D eigenvalue weighted by Gasteiger charge is 2.45. The summed E-state index contributed by atoms with van der Waals surface area (Å²) < 4.78 is 35.1. The molecule has 3 aromatic rings. The lowest BCUT2D eigenvalue weighted by Gasteiger charge is -2.43. The summed E-state index contributed by atoms with van der Waals surface area (Å²) in [5.41, 5.74) is 8.84. The number of Topliss-reactive ketones (excluding diaryl/α,β-unsaturated/α-hetero) is 1. The summed E-state index contributed by atoms with van der Waals surface area (Å²) in [6.45, 7) is 3.85. The number of nitro groups is 1. The van der Waals surface area contributed by atoms with E-state index in [1.807, 2.05) is 13.8 Å². The minimum Gasteiger partial charge on any atom is -0.496 e. The van der Waals surface area contributed by atoms with E-state index in [9.17, 15) is 28.6 Å². The Hall–Kier alpha value is -5.19. The van der Waals surface area contributed by atoms with Crippen LogP contribution in [0.3, 0.4) is 0 Å². The van der Waals surface area contributed by atoms with E-state index in [-0.39, 0.29) is 46.5 Å². The van der Waals surface area contributed by atoms with Crippen molar-refractivity contribution < 1.29 is 27.6 Å². The van der Waals surface area contributed by atoms with Crippen LogP contribution in [0.1, 0.15) is 43.7 Å². The van der Waals surface area contributed by atoms with Crippen molar-refractivity contribution in [2.75, 3.05) is 12.0 Å². The number of ether oxygens (including phenoxy) is 2. The van der Waals surface area contributed by atoms with Gasteiger partial charge in [0.2, 0.25) is 10.0 Å². The van der Waals surface area contributed by atoms with Gasteiger partial charge < -0.3 is 15.2 Å². The molecule has 1 unspecified atom stereocenters. The number of allylic oxidation sites excluding steroid dienone is 3. The number of primary sulfonamides is 1. The number of carbonyl (C=O) groups excluding carboxylic acids is 1. The fourth-order valence-electron chi connectivity index (χ4n) is 5.90. The van der Waals surface area contributed by atoms with Gasteiger partial charge in [0.15, 0.2) is 11.5 Å². The number of benzene rings is 3. The Morgan fingerprint density at radius 3 is 2.40 bits per heavy atom. The average Bonchev–Trinajstić information content (AvgIpc) is 2.98. The number of nitrogens with zero attached hydrogens (tertiary/aromatic N) is 3. The maximum absolute atomic E-state index is 13.9. The Morgan fingerprint density at radius 2 is 1.78 bits per heavy atom. The molecule has 4 N–H and O–H groups in total. The smallest absolute Gasteiger partial charge is 0.310 e. The van der Waals surface area contributed by atoms with E-state index in [1.165, 1.54) is 43.5 Å². The fourth-order valence-corrected chi connectivity index (χ4v) is 6.41. The van der Waals surface area contributed by atoms with Gasteiger partial charge in [0, 0.05) is 35.0 Å². The Bertz CT molecular complexity index is 1930. The molecular weight excluding hydrogens is 598 g/mol. The molecule has 1 aliphatic heterocycles. The molecule has 1 aliphatic carbocycles. The predicted octanol–water partition coefficient (Wildman–Crippen LogP) is 4.77. The molecule has 3 aromatic carbocycles. The number of methoxy groups -OCH3 is 1.